The van der Waals surface area contributed by atoms with E-state index >= 15 is 0 Å². The van der Waals surface area contributed by atoms with Crippen molar-refractivity contribution in [2.45, 2.75) is 46.8 Å². The van der Waals surface area contributed by atoms with Crippen LogP contribution < -0.4 is 10.6 Å². The molecule has 0 aliphatic carbocycles. The third kappa shape index (κ3) is 5.22. The van der Waals surface area contributed by atoms with E-state index in [2.05, 4.69) is 27.5 Å². The molecular formula is C20H29N3O2. The average molecular weight is 343 g/mol. The molecule has 1 aromatic rings. The molecule has 1 amide bonds. The molecule has 5 heteroatoms. The predicted molar refractivity (Wildman–Crippen MR) is 102 cm³/mol. The van der Waals surface area contributed by atoms with E-state index in [0.717, 1.165) is 60.7 Å². The lowest BCUT2D eigenvalue weighted by atomic mass is 9.96. The Morgan fingerprint density at radius 1 is 1.32 bits per heavy atom. The van der Waals surface area contributed by atoms with Crippen LogP contribution in [0.1, 0.15) is 43.0 Å². The number of carbonyl (C=O) groups excluding carboxylic acids is 1. The van der Waals surface area contributed by atoms with Crippen LogP contribution in [0.25, 0.3) is 0 Å². The van der Waals surface area contributed by atoms with E-state index in [9.17, 15) is 4.79 Å². The molecule has 25 heavy (non-hydrogen) atoms. The first kappa shape index (κ1) is 19.3. The summed E-state index contributed by atoms with van der Waals surface area (Å²) in [5.41, 5.74) is 4.11. The van der Waals surface area contributed by atoms with E-state index in [1.807, 2.05) is 34.6 Å². The van der Waals surface area contributed by atoms with Crippen molar-refractivity contribution in [3.8, 4) is 12.3 Å². The normalized spacial score (nSPS) is 15.5. The Morgan fingerprint density at radius 3 is 2.52 bits per heavy atom. The summed E-state index contributed by atoms with van der Waals surface area (Å²) in [6.45, 7) is 14.3. The molecule has 0 saturated carbocycles. The average Bonchev–Trinajstić information content (AvgIpc) is 2.53. The highest BCUT2D eigenvalue weighted by Crippen LogP contribution is 2.28. The van der Waals surface area contributed by atoms with Gasteiger partial charge in [-0.1, -0.05) is 5.92 Å². The lowest BCUT2D eigenvalue weighted by Gasteiger charge is -2.29. The molecule has 0 aromatic heterocycles. The Labute approximate surface area is 151 Å². The molecule has 0 atom stereocenters. The highest BCUT2D eigenvalue weighted by molar-refractivity contribution is 5.88. The maximum atomic E-state index is 12.2. The van der Waals surface area contributed by atoms with Crippen LogP contribution in [0.2, 0.25) is 0 Å². The topological polar surface area (TPSA) is 53.6 Å². The van der Waals surface area contributed by atoms with Crippen LogP contribution in [-0.2, 0) is 11.3 Å². The Morgan fingerprint density at radius 2 is 1.96 bits per heavy atom. The van der Waals surface area contributed by atoms with E-state index in [1.165, 1.54) is 0 Å². The first-order valence-electron chi connectivity index (χ1n) is 8.74. The molecule has 1 aromatic carbocycles. The van der Waals surface area contributed by atoms with Gasteiger partial charge in [0.15, 0.2) is 0 Å². The Kier molecular flexibility index (Phi) is 6.10. The Bertz CT molecular complexity index is 678. The van der Waals surface area contributed by atoms with E-state index in [1.54, 1.807) is 0 Å². The van der Waals surface area contributed by atoms with Crippen LogP contribution in [0.3, 0.4) is 0 Å². The van der Waals surface area contributed by atoms with Crippen molar-refractivity contribution in [3.05, 3.63) is 28.3 Å². The van der Waals surface area contributed by atoms with Gasteiger partial charge in [-0.3, -0.25) is 10.2 Å². The minimum atomic E-state index is -0.542. The molecule has 1 saturated heterocycles. The van der Waals surface area contributed by atoms with Gasteiger partial charge in [0.05, 0.1) is 5.69 Å². The third-order valence-corrected chi connectivity index (χ3v) is 4.34. The van der Waals surface area contributed by atoms with Crippen LogP contribution in [0.4, 0.5) is 10.5 Å². The molecule has 2 rings (SSSR count). The Hall–Kier alpha value is -2.03. The Balaban J connectivity index is 2.29. The number of piperazine rings is 1. The standard InChI is InChI=1S/C20H29N3O2/c1-7-16-12-17(13-23-10-8-21-9-11-23)15(3)18(14(16)2)22-19(24)25-20(4,5)6/h1,12,21H,8-11,13H2,2-6H3,(H,22,24). The number of ether oxygens (including phenoxy) is 1. The fourth-order valence-corrected chi connectivity index (χ4v) is 2.98. The molecular weight excluding hydrogens is 314 g/mol. The molecule has 1 aliphatic rings. The summed E-state index contributed by atoms with van der Waals surface area (Å²) >= 11 is 0. The zero-order chi connectivity index (χ0) is 18.6. The minimum Gasteiger partial charge on any atom is -0.444 e. The van der Waals surface area contributed by atoms with Crippen molar-refractivity contribution in [1.82, 2.24) is 10.2 Å². The van der Waals surface area contributed by atoms with Crippen molar-refractivity contribution in [1.29, 1.82) is 0 Å². The van der Waals surface area contributed by atoms with Crippen molar-refractivity contribution >= 4 is 11.8 Å². The van der Waals surface area contributed by atoms with Crippen molar-refractivity contribution in [3.63, 3.8) is 0 Å². The molecule has 0 unspecified atom stereocenters. The highest BCUT2D eigenvalue weighted by atomic mass is 16.6. The van der Waals surface area contributed by atoms with Crippen LogP contribution >= 0.6 is 0 Å². The maximum Gasteiger partial charge on any atom is 0.412 e. The predicted octanol–water partition coefficient (Wildman–Crippen LogP) is 3.04. The zero-order valence-electron chi connectivity index (χ0n) is 16.0. The second-order valence-electron chi connectivity index (χ2n) is 7.51. The second kappa shape index (κ2) is 7.90. The molecule has 1 fully saturated rings. The number of hydrogen-bond acceptors (Lipinski definition) is 4. The van der Waals surface area contributed by atoms with E-state index in [-0.39, 0.29) is 0 Å². The van der Waals surface area contributed by atoms with E-state index in [4.69, 9.17) is 11.2 Å². The number of nitrogens with zero attached hydrogens (tertiary/aromatic N) is 1. The summed E-state index contributed by atoms with van der Waals surface area (Å²) in [5, 5.41) is 6.26. The van der Waals surface area contributed by atoms with Crippen LogP contribution in [0.15, 0.2) is 6.07 Å². The zero-order valence-corrected chi connectivity index (χ0v) is 16.0. The molecule has 1 aliphatic heterocycles. The van der Waals surface area contributed by atoms with E-state index < -0.39 is 11.7 Å². The van der Waals surface area contributed by atoms with E-state index in [0.29, 0.717) is 0 Å². The van der Waals surface area contributed by atoms with Gasteiger partial charge in [0.25, 0.3) is 0 Å². The number of rotatable bonds is 3. The molecule has 136 valence electrons. The molecule has 1 heterocycles. The van der Waals surface area contributed by atoms with Gasteiger partial charge in [-0.2, -0.15) is 0 Å². The summed E-state index contributed by atoms with van der Waals surface area (Å²) in [7, 11) is 0. The monoisotopic (exact) mass is 343 g/mol. The van der Waals surface area contributed by atoms with Crippen LogP contribution in [-0.4, -0.2) is 42.8 Å². The van der Waals surface area contributed by atoms with Gasteiger partial charge in [-0.15, -0.1) is 6.42 Å². The van der Waals surface area contributed by atoms with Gasteiger partial charge in [-0.05, 0) is 57.4 Å². The van der Waals surface area contributed by atoms with Crippen molar-refractivity contribution < 1.29 is 9.53 Å². The molecule has 5 nitrogen and oxygen atoms in total. The number of amides is 1. The lowest BCUT2D eigenvalue weighted by molar-refractivity contribution is 0.0635. The minimum absolute atomic E-state index is 0.457. The number of anilines is 1. The second-order valence-corrected chi connectivity index (χ2v) is 7.51. The first-order valence-corrected chi connectivity index (χ1v) is 8.74. The summed E-state index contributed by atoms with van der Waals surface area (Å²) in [6, 6.07) is 2.06. The number of hydrogen-bond donors (Lipinski definition) is 2. The van der Waals surface area contributed by atoms with Gasteiger partial charge >= 0.3 is 6.09 Å². The highest BCUT2D eigenvalue weighted by Gasteiger charge is 2.20. The number of carbonyl (C=O) groups is 1. The quantitative estimate of drug-likeness (QED) is 0.829. The summed E-state index contributed by atoms with van der Waals surface area (Å²) in [5.74, 6) is 2.74. The van der Waals surface area contributed by atoms with Gasteiger partial charge in [0.1, 0.15) is 5.60 Å². The third-order valence-electron chi connectivity index (χ3n) is 4.34. The summed E-state index contributed by atoms with van der Waals surface area (Å²) in [6.07, 6.45) is 5.23. The van der Waals surface area contributed by atoms with Gasteiger partial charge in [-0.25, -0.2) is 4.79 Å². The maximum absolute atomic E-state index is 12.2. The molecule has 0 bridgehead atoms. The number of nitrogens with one attached hydrogen (secondary N) is 2. The first-order chi connectivity index (χ1) is 11.7. The van der Waals surface area contributed by atoms with Gasteiger partial charge in [0.2, 0.25) is 0 Å². The lowest BCUT2D eigenvalue weighted by Crippen LogP contribution is -2.43. The molecule has 0 spiro atoms. The smallest absolute Gasteiger partial charge is 0.412 e. The van der Waals surface area contributed by atoms with Crippen molar-refractivity contribution in [2.75, 3.05) is 31.5 Å². The number of benzene rings is 1. The van der Waals surface area contributed by atoms with Crippen LogP contribution in [0.5, 0.6) is 0 Å². The fourth-order valence-electron chi connectivity index (χ4n) is 2.98. The van der Waals surface area contributed by atoms with Crippen molar-refractivity contribution in [2.24, 2.45) is 0 Å². The van der Waals surface area contributed by atoms with Crippen LogP contribution in [0, 0.1) is 26.2 Å². The fraction of sp³-hybridized carbons (Fsp3) is 0.550. The van der Waals surface area contributed by atoms with Gasteiger partial charge < -0.3 is 10.1 Å². The summed E-state index contributed by atoms with van der Waals surface area (Å²) < 4.78 is 5.39. The molecule has 2 N–H and O–H groups in total. The largest absolute Gasteiger partial charge is 0.444 e. The SMILES string of the molecule is C#Cc1cc(CN2CCNCC2)c(C)c(NC(=O)OC(C)(C)C)c1C. The summed E-state index contributed by atoms with van der Waals surface area (Å²) in [4.78, 5) is 14.6. The number of terminal acetylenes is 1. The molecule has 0 radical (unpaired) electrons. The van der Waals surface area contributed by atoms with Gasteiger partial charge in [0, 0.05) is 38.3 Å².